The zero-order chi connectivity index (χ0) is 14.7. The second kappa shape index (κ2) is 5.63. The van der Waals surface area contributed by atoms with Crippen molar-refractivity contribution in [2.45, 2.75) is 0 Å². The average molecular weight is 294 g/mol. The Morgan fingerprint density at radius 3 is 2.50 bits per heavy atom. The number of nitrogens with zero attached hydrogens (tertiary/aromatic N) is 2. The first-order valence-corrected chi connectivity index (χ1v) is 5.70. The van der Waals surface area contributed by atoms with Crippen LogP contribution in [0.1, 0.15) is 15.9 Å². The van der Waals surface area contributed by atoms with Gasteiger partial charge in [0.2, 0.25) is 0 Å². The van der Waals surface area contributed by atoms with Gasteiger partial charge in [-0.2, -0.15) is 5.26 Å². The number of carbonyl (C=O) groups excluding carboxylic acids is 1. The number of pyridine rings is 1. The summed E-state index contributed by atoms with van der Waals surface area (Å²) in [5.74, 6) is -2.78. The van der Waals surface area contributed by atoms with Crippen molar-refractivity contribution in [3.05, 3.63) is 58.4 Å². The Morgan fingerprint density at radius 2 is 1.95 bits per heavy atom. The predicted octanol–water partition coefficient (Wildman–Crippen LogP) is 3.14. The van der Waals surface area contributed by atoms with E-state index in [2.05, 4.69) is 10.3 Å². The minimum absolute atomic E-state index is 0.00118. The highest BCUT2D eigenvalue weighted by atomic mass is 35.5. The second-order valence-corrected chi connectivity index (χ2v) is 4.15. The summed E-state index contributed by atoms with van der Waals surface area (Å²) in [4.78, 5) is 15.2. The van der Waals surface area contributed by atoms with E-state index in [0.717, 1.165) is 12.4 Å². The normalized spacial score (nSPS) is 9.90. The third-order valence-electron chi connectivity index (χ3n) is 2.43. The maximum absolute atomic E-state index is 13.4. The fourth-order valence-corrected chi connectivity index (χ4v) is 1.75. The number of aromatic nitrogens is 1. The first-order valence-electron chi connectivity index (χ1n) is 5.33. The van der Waals surface area contributed by atoms with Crippen LogP contribution in [0, 0.1) is 23.0 Å². The summed E-state index contributed by atoms with van der Waals surface area (Å²) < 4.78 is 26.7. The monoisotopic (exact) mass is 293 g/mol. The molecule has 0 aliphatic rings. The molecule has 2 rings (SSSR count). The van der Waals surface area contributed by atoms with Crippen LogP contribution in [0.2, 0.25) is 5.02 Å². The van der Waals surface area contributed by atoms with Crippen LogP contribution in [0.3, 0.4) is 0 Å². The quantitative estimate of drug-likeness (QED) is 0.925. The van der Waals surface area contributed by atoms with E-state index in [0.29, 0.717) is 0 Å². The standard InChI is InChI=1S/C13H6ClF2N3O/c14-9-3-7(4-17)1-2-8(9)13(20)19-12-10(15)5-18-6-11(12)16/h1-3,5-6H,(H,18,19,20). The molecular weight excluding hydrogens is 288 g/mol. The smallest absolute Gasteiger partial charge is 0.257 e. The van der Waals surface area contributed by atoms with Gasteiger partial charge < -0.3 is 5.32 Å². The van der Waals surface area contributed by atoms with Crippen LogP contribution in [0.25, 0.3) is 0 Å². The van der Waals surface area contributed by atoms with E-state index in [1.165, 1.54) is 18.2 Å². The number of rotatable bonds is 2. The lowest BCUT2D eigenvalue weighted by molar-refractivity contribution is 0.102. The Hall–Kier alpha value is -2.52. The Morgan fingerprint density at radius 1 is 1.30 bits per heavy atom. The molecule has 0 saturated carbocycles. The summed E-state index contributed by atoms with van der Waals surface area (Å²) in [7, 11) is 0. The Kier molecular flexibility index (Phi) is 3.91. The van der Waals surface area contributed by atoms with Crippen LogP contribution in [-0.2, 0) is 0 Å². The minimum atomic E-state index is -0.997. The van der Waals surface area contributed by atoms with Crippen molar-refractivity contribution in [2.24, 2.45) is 0 Å². The van der Waals surface area contributed by atoms with Gasteiger partial charge in [-0.05, 0) is 18.2 Å². The SMILES string of the molecule is N#Cc1ccc(C(=O)Nc2c(F)cncc2F)c(Cl)c1. The number of benzene rings is 1. The Balaban J connectivity index is 2.32. The molecule has 2 aromatic rings. The van der Waals surface area contributed by atoms with Gasteiger partial charge in [-0.1, -0.05) is 11.6 Å². The molecule has 100 valence electrons. The number of carbonyl (C=O) groups is 1. The van der Waals surface area contributed by atoms with Gasteiger partial charge in [-0.15, -0.1) is 0 Å². The third kappa shape index (κ3) is 2.73. The number of nitriles is 1. The van der Waals surface area contributed by atoms with E-state index in [1.54, 1.807) is 0 Å². The Bertz CT molecular complexity index is 708. The number of halogens is 3. The third-order valence-corrected chi connectivity index (χ3v) is 2.75. The summed E-state index contributed by atoms with van der Waals surface area (Å²) in [5, 5.41) is 10.8. The molecule has 1 heterocycles. The number of anilines is 1. The van der Waals surface area contributed by atoms with Crippen molar-refractivity contribution in [1.82, 2.24) is 4.98 Å². The molecule has 0 radical (unpaired) electrons. The van der Waals surface area contributed by atoms with E-state index >= 15 is 0 Å². The fraction of sp³-hybridized carbons (Fsp3) is 0. The highest BCUT2D eigenvalue weighted by molar-refractivity contribution is 6.34. The van der Waals surface area contributed by atoms with Crippen molar-refractivity contribution >= 4 is 23.2 Å². The molecule has 0 aliphatic heterocycles. The topological polar surface area (TPSA) is 65.8 Å². The molecule has 1 aromatic carbocycles. The fourth-order valence-electron chi connectivity index (χ4n) is 1.48. The van der Waals surface area contributed by atoms with E-state index in [4.69, 9.17) is 16.9 Å². The first kappa shape index (κ1) is 13.9. The summed E-state index contributed by atoms with van der Waals surface area (Å²) >= 11 is 5.84. The van der Waals surface area contributed by atoms with E-state index in [1.807, 2.05) is 6.07 Å². The van der Waals surface area contributed by atoms with E-state index in [-0.39, 0.29) is 16.1 Å². The zero-order valence-corrected chi connectivity index (χ0v) is 10.6. The van der Waals surface area contributed by atoms with Crippen LogP contribution in [0.5, 0.6) is 0 Å². The van der Waals surface area contributed by atoms with Gasteiger partial charge in [0.05, 0.1) is 34.6 Å². The predicted molar refractivity (Wildman–Crippen MR) is 68.3 cm³/mol. The molecule has 1 aromatic heterocycles. The molecule has 20 heavy (non-hydrogen) atoms. The lowest BCUT2D eigenvalue weighted by Gasteiger charge is -2.08. The molecule has 0 spiro atoms. The van der Waals surface area contributed by atoms with Crippen molar-refractivity contribution < 1.29 is 13.6 Å². The Labute approximate surface area is 117 Å². The molecule has 1 N–H and O–H groups in total. The van der Waals surface area contributed by atoms with Crippen molar-refractivity contribution in [3.63, 3.8) is 0 Å². The second-order valence-electron chi connectivity index (χ2n) is 3.74. The lowest BCUT2D eigenvalue weighted by Crippen LogP contribution is -2.15. The molecule has 0 aliphatic carbocycles. The molecular formula is C13H6ClF2N3O. The molecule has 0 unspecified atom stereocenters. The van der Waals surface area contributed by atoms with Crippen LogP contribution >= 0.6 is 11.6 Å². The molecule has 4 nitrogen and oxygen atoms in total. The molecule has 0 saturated heterocycles. The van der Waals surface area contributed by atoms with Crippen LogP contribution in [0.15, 0.2) is 30.6 Å². The lowest BCUT2D eigenvalue weighted by atomic mass is 10.1. The van der Waals surface area contributed by atoms with Crippen molar-refractivity contribution in [3.8, 4) is 6.07 Å². The minimum Gasteiger partial charge on any atom is -0.317 e. The number of nitrogens with one attached hydrogen (secondary N) is 1. The van der Waals surface area contributed by atoms with Crippen molar-refractivity contribution in [1.29, 1.82) is 5.26 Å². The molecule has 7 heteroatoms. The maximum atomic E-state index is 13.4. The summed E-state index contributed by atoms with van der Waals surface area (Å²) in [6.45, 7) is 0. The largest absolute Gasteiger partial charge is 0.317 e. The van der Waals surface area contributed by atoms with Crippen LogP contribution in [0.4, 0.5) is 14.5 Å². The van der Waals surface area contributed by atoms with Gasteiger partial charge in [0, 0.05) is 0 Å². The van der Waals surface area contributed by atoms with Gasteiger partial charge in [0.25, 0.3) is 5.91 Å². The highest BCUT2D eigenvalue weighted by Gasteiger charge is 2.16. The molecule has 0 atom stereocenters. The zero-order valence-electron chi connectivity index (χ0n) is 9.82. The number of amides is 1. The summed E-state index contributed by atoms with van der Waals surface area (Å²) in [5.41, 5.74) is -0.334. The maximum Gasteiger partial charge on any atom is 0.257 e. The van der Waals surface area contributed by atoms with Crippen molar-refractivity contribution in [2.75, 3.05) is 5.32 Å². The average Bonchev–Trinajstić information content (AvgIpc) is 2.42. The molecule has 0 bridgehead atoms. The van der Waals surface area contributed by atoms with Gasteiger partial charge in [-0.25, -0.2) is 8.78 Å². The van der Waals surface area contributed by atoms with Crippen LogP contribution < -0.4 is 5.32 Å². The summed E-state index contributed by atoms with van der Waals surface area (Å²) in [6, 6.07) is 5.82. The molecule has 1 amide bonds. The van der Waals surface area contributed by atoms with Gasteiger partial charge >= 0.3 is 0 Å². The van der Waals surface area contributed by atoms with E-state index < -0.39 is 23.2 Å². The first-order chi connectivity index (χ1) is 9.52. The number of hydrogen-bond acceptors (Lipinski definition) is 3. The van der Waals surface area contributed by atoms with E-state index in [9.17, 15) is 13.6 Å². The van der Waals surface area contributed by atoms with Gasteiger partial charge in [0.1, 0.15) is 5.69 Å². The van der Waals surface area contributed by atoms with Crippen LogP contribution in [-0.4, -0.2) is 10.9 Å². The number of hydrogen-bond donors (Lipinski definition) is 1. The highest BCUT2D eigenvalue weighted by Crippen LogP contribution is 2.21. The van der Waals surface area contributed by atoms with Gasteiger partial charge in [0.15, 0.2) is 11.6 Å². The summed E-state index contributed by atoms with van der Waals surface area (Å²) in [6.07, 6.45) is 1.55. The molecule has 0 fully saturated rings. The van der Waals surface area contributed by atoms with Gasteiger partial charge in [-0.3, -0.25) is 9.78 Å².